The lowest BCUT2D eigenvalue weighted by Gasteiger charge is -2.04. The molecule has 0 aliphatic rings. The van der Waals surface area contributed by atoms with Gasteiger partial charge < -0.3 is 10.1 Å². The van der Waals surface area contributed by atoms with Crippen LogP contribution in [0.4, 0.5) is 10.1 Å². The number of rotatable bonds is 6. The second kappa shape index (κ2) is 7.70. The van der Waals surface area contributed by atoms with Gasteiger partial charge >= 0.3 is 0 Å². The van der Waals surface area contributed by atoms with Crippen LogP contribution in [0.1, 0.15) is 10.7 Å². The fraction of sp³-hybridized carbons (Fsp3) is 0.111. The summed E-state index contributed by atoms with van der Waals surface area (Å²) in [5.74, 6) is 0.154. The molecule has 0 aliphatic heterocycles. The van der Waals surface area contributed by atoms with Crippen molar-refractivity contribution in [3.8, 4) is 5.75 Å². The maximum Gasteiger partial charge on any atom is 0.230 e. The average molecular weight is 342 g/mol. The van der Waals surface area contributed by atoms with Crippen molar-refractivity contribution in [3.63, 3.8) is 0 Å². The monoisotopic (exact) mass is 342 g/mol. The number of anilines is 1. The van der Waals surface area contributed by atoms with E-state index < -0.39 is 0 Å². The van der Waals surface area contributed by atoms with Crippen molar-refractivity contribution < 1.29 is 13.9 Å². The molecule has 6 heteroatoms. The largest absolute Gasteiger partial charge is 0.486 e. The summed E-state index contributed by atoms with van der Waals surface area (Å²) in [4.78, 5) is 16.4. The second-order valence-electron chi connectivity index (χ2n) is 5.07. The van der Waals surface area contributed by atoms with Gasteiger partial charge in [-0.15, -0.1) is 11.3 Å². The third-order valence-corrected chi connectivity index (χ3v) is 4.03. The fourth-order valence-electron chi connectivity index (χ4n) is 2.09. The zero-order valence-electron chi connectivity index (χ0n) is 12.7. The lowest BCUT2D eigenvalue weighted by molar-refractivity contribution is -0.115. The van der Waals surface area contributed by atoms with Crippen LogP contribution in [0.2, 0.25) is 0 Å². The molecule has 0 radical (unpaired) electrons. The number of para-hydroxylation sites is 1. The number of ether oxygens (including phenoxy) is 1. The molecule has 1 N–H and O–H groups in total. The zero-order valence-corrected chi connectivity index (χ0v) is 13.6. The molecule has 3 aromatic rings. The lowest BCUT2D eigenvalue weighted by atomic mass is 10.3. The molecule has 4 nitrogen and oxygen atoms in total. The predicted octanol–water partition coefficient (Wildman–Crippen LogP) is 4.04. The van der Waals surface area contributed by atoms with Crippen LogP contribution in [0.3, 0.4) is 0 Å². The van der Waals surface area contributed by atoms with E-state index in [1.54, 1.807) is 12.1 Å². The standard InChI is InChI=1S/C18H15FN2O2S/c19-13-5-4-6-14(9-13)20-17(22)10-15-12-24-18(21-15)11-23-16-7-2-1-3-8-16/h1-9,12H,10-11H2,(H,20,22). The Hall–Kier alpha value is -2.73. The third-order valence-electron chi connectivity index (χ3n) is 3.15. The number of nitrogens with zero attached hydrogens (tertiary/aromatic N) is 1. The normalized spacial score (nSPS) is 10.4. The molecular weight excluding hydrogens is 327 g/mol. The number of halogens is 1. The van der Waals surface area contributed by atoms with Crippen LogP contribution in [0, 0.1) is 5.82 Å². The molecule has 0 saturated heterocycles. The fourth-order valence-corrected chi connectivity index (χ4v) is 2.80. The molecule has 0 fully saturated rings. The van der Waals surface area contributed by atoms with Gasteiger partial charge in [0.25, 0.3) is 0 Å². The van der Waals surface area contributed by atoms with Crippen molar-refractivity contribution in [2.75, 3.05) is 5.32 Å². The van der Waals surface area contributed by atoms with Crippen molar-refractivity contribution >= 4 is 22.9 Å². The molecule has 0 unspecified atom stereocenters. The molecule has 0 saturated carbocycles. The number of benzene rings is 2. The van der Waals surface area contributed by atoms with Crippen LogP contribution in [0.25, 0.3) is 0 Å². The van der Waals surface area contributed by atoms with Crippen molar-refractivity contribution in [3.05, 3.63) is 76.5 Å². The molecule has 2 aromatic carbocycles. The molecule has 122 valence electrons. The van der Waals surface area contributed by atoms with Crippen LogP contribution in [0.5, 0.6) is 5.75 Å². The highest BCUT2D eigenvalue weighted by molar-refractivity contribution is 7.09. The number of amides is 1. The molecule has 24 heavy (non-hydrogen) atoms. The Morgan fingerprint density at radius 3 is 2.79 bits per heavy atom. The van der Waals surface area contributed by atoms with Gasteiger partial charge in [0.05, 0.1) is 12.1 Å². The van der Waals surface area contributed by atoms with Gasteiger partial charge in [-0.05, 0) is 30.3 Å². The van der Waals surface area contributed by atoms with Crippen molar-refractivity contribution in [1.82, 2.24) is 4.98 Å². The van der Waals surface area contributed by atoms with Crippen LogP contribution in [-0.2, 0) is 17.8 Å². The summed E-state index contributed by atoms with van der Waals surface area (Å²) in [6.45, 7) is 0.361. The summed E-state index contributed by atoms with van der Waals surface area (Å²) < 4.78 is 18.7. The summed E-state index contributed by atoms with van der Waals surface area (Å²) in [6.07, 6.45) is 0.137. The van der Waals surface area contributed by atoms with E-state index in [0.29, 0.717) is 18.0 Å². The zero-order chi connectivity index (χ0) is 16.8. The highest BCUT2D eigenvalue weighted by Crippen LogP contribution is 2.16. The Morgan fingerprint density at radius 2 is 2.00 bits per heavy atom. The minimum absolute atomic E-state index is 0.137. The first-order chi connectivity index (χ1) is 11.7. The molecule has 1 heterocycles. The summed E-state index contributed by atoms with van der Waals surface area (Å²) in [5, 5.41) is 5.28. The molecule has 0 spiro atoms. The van der Waals surface area contributed by atoms with E-state index in [1.165, 1.54) is 23.5 Å². The van der Waals surface area contributed by atoms with Gasteiger partial charge in [-0.25, -0.2) is 9.37 Å². The molecule has 3 rings (SSSR count). The van der Waals surface area contributed by atoms with Crippen molar-refractivity contribution in [2.24, 2.45) is 0 Å². The highest BCUT2D eigenvalue weighted by Gasteiger charge is 2.09. The topological polar surface area (TPSA) is 51.2 Å². The van der Waals surface area contributed by atoms with E-state index in [1.807, 2.05) is 35.7 Å². The van der Waals surface area contributed by atoms with Crippen molar-refractivity contribution in [2.45, 2.75) is 13.0 Å². The van der Waals surface area contributed by atoms with Gasteiger partial charge in [-0.2, -0.15) is 0 Å². The van der Waals surface area contributed by atoms with Crippen LogP contribution < -0.4 is 10.1 Å². The molecule has 0 bridgehead atoms. The van der Waals surface area contributed by atoms with E-state index in [9.17, 15) is 9.18 Å². The maximum atomic E-state index is 13.1. The first-order valence-electron chi connectivity index (χ1n) is 7.35. The maximum absolute atomic E-state index is 13.1. The van der Waals surface area contributed by atoms with Gasteiger partial charge in [0, 0.05) is 11.1 Å². The second-order valence-corrected chi connectivity index (χ2v) is 6.01. The van der Waals surface area contributed by atoms with E-state index in [2.05, 4.69) is 10.3 Å². The summed E-state index contributed by atoms with van der Waals surface area (Å²) >= 11 is 1.44. The number of hydrogen-bond donors (Lipinski definition) is 1. The van der Waals surface area contributed by atoms with E-state index in [0.717, 1.165) is 10.8 Å². The Morgan fingerprint density at radius 1 is 1.17 bits per heavy atom. The number of nitrogens with one attached hydrogen (secondary N) is 1. The third kappa shape index (κ3) is 4.63. The smallest absolute Gasteiger partial charge is 0.230 e. The molecule has 0 aliphatic carbocycles. The number of carbonyl (C=O) groups excluding carboxylic acids is 1. The van der Waals surface area contributed by atoms with Crippen LogP contribution in [-0.4, -0.2) is 10.9 Å². The predicted molar refractivity (Wildman–Crippen MR) is 91.6 cm³/mol. The minimum Gasteiger partial charge on any atom is -0.486 e. The molecule has 0 atom stereocenters. The summed E-state index contributed by atoms with van der Waals surface area (Å²) in [7, 11) is 0. The Balaban J connectivity index is 1.53. The van der Waals surface area contributed by atoms with E-state index in [-0.39, 0.29) is 18.1 Å². The van der Waals surface area contributed by atoms with Gasteiger partial charge in [0.2, 0.25) is 5.91 Å². The number of thiazole rings is 1. The summed E-state index contributed by atoms with van der Waals surface area (Å²) in [6, 6.07) is 15.3. The number of aromatic nitrogens is 1. The van der Waals surface area contributed by atoms with Gasteiger partial charge in [0.15, 0.2) is 0 Å². The summed E-state index contributed by atoms with van der Waals surface area (Å²) in [5.41, 5.74) is 1.10. The number of carbonyl (C=O) groups is 1. The van der Waals surface area contributed by atoms with Gasteiger partial charge in [-0.3, -0.25) is 4.79 Å². The SMILES string of the molecule is O=C(Cc1csc(COc2ccccc2)n1)Nc1cccc(F)c1. The Bertz CT molecular complexity index is 821. The highest BCUT2D eigenvalue weighted by atomic mass is 32.1. The molecule has 1 aromatic heterocycles. The first-order valence-corrected chi connectivity index (χ1v) is 8.23. The lowest BCUT2D eigenvalue weighted by Crippen LogP contribution is -2.14. The number of hydrogen-bond acceptors (Lipinski definition) is 4. The van der Waals surface area contributed by atoms with Gasteiger partial charge in [-0.1, -0.05) is 24.3 Å². The van der Waals surface area contributed by atoms with Crippen LogP contribution in [0.15, 0.2) is 60.0 Å². The Labute approximate surface area is 142 Å². The molecular formula is C18H15FN2O2S. The van der Waals surface area contributed by atoms with Gasteiger partial charge in [0.1, 0.15) is 23.2 Å². The van der Waals surface area contributed by atoms with Crippen LogP contribution >= 0.6 is 11.3 Å². The molecule has 1 amide bonds. The average Bonchev–Trinajstić information content (AvgIpc) is 3.01. The van der Waals surface area contributed by atoms with E-state index >= 15 is 0 Å². The Kier molecular flexibility index (Phi) is 5.18. The first kappa shape index (κ1) is 16.1. The van der Waals surface area contributed by atoms with E-state index in [4.69, 9.17) is 4.74 Å². The quantitative estimate of drug-likeness (QED) is 0.735. The minimum atomic E-state index is -0.387. The van der Waals surface area contributed by atoms with Crippen molar-refractivity contribution in [1.29, 1.82) is 0 Å².